The number of rotatable bonds is 18. The van der Waals surface area contributed by atoms with Crippen molar-refractivity contribution in [1.29, 1.82) is 0 Å². The van der Waals surface area contributed by atoms with E-state index >= 15 is 0 Å². The number of hydrogen-bond donors (Lipinski definition) is 1. The lowest BCUT2D eigenvalue weighted by Crippen LogP contribution is -2.41. The summed E-state index contributed by atoms with van der Waals surface area (Å²) in [7, 11) is 3.55. The van der Waals surface area contributed by atoms with Crippen LogP contribution in [-0.2, 0) is 30.2 Å². The van der Waals surface area contributed by atoms with E-state index < -0.39 is 0 Å². The highest BCUT2D eigenvalue weighted by atomic mass is 16.5. The van der Waals surface area contributed by atoms with Gasteiger partial charge < -0.3 is 29.7 Å². The fraction of sp³-hybridized carbons (Fsp3) is 0.486. The summed E-state index contributed by atoms with van der Waals surface area (Å²) in [6.45, 7) is 3.91. The van der Waals surface area contributed by atoms with E-state index in [0.717, 1.165) is 36.9 Å². The molecule has 0 fully saturated rings. The molecule has 0 bridgehead atoms. The average molecular weight is 588 g/mol. The minimum absolute atomic E-state index is 0.0857. The summed E-state index contributed by atoms with van der Waals surface area (Å²) in [5, 5.41) is 0. The summed E-state index contributed by atoms with van der Waals surface area (Å²) in [6, 6.07) is 6.28. The number of fused-ring (bicyclic) bond motifs is 2. The number of likely N-dealkylation sites (N-methyl/N-ethyl adjacent to an activating group) is 2. The fourth-order valence-corrected chi connectivity index (χ4v) is 6.17. The van der Waals surface area contributed by atoms with Crippen molar-refractivity contribution >= 4 is 18.0 Å². The van der Waals surface area contributed by atoms with E-state index in [1.54, 1.807) is 11.9 Å². The first-order valence-electron chi connectivity index (χ1n) is 15.2. The van der Waals surface area contributed by atoms with E-state index in [2.05, 4.69) is 54.0 Å². The Balaban J connectivity index is 1.24. The molecular formula is C35H45N3O5. The van der Waals surface area contributed by atoms with Crippen LogP contribution in [0.2, 0.25) is 0 Å². The number of benzene rings is 1. The maximum absolute atomic E-state index is 13.0. The molecule has 0 spiro atoms. The van der Waals surface area contributed by atoms with Gasteiger partial charge >= 0.3 is 0 Å². The molecule has 8 nitrogen and oxygen atoms in total. The fourth-order valence-electron chi connectivity index (χ4n) is 6.17. The molecule has 43 heavy (non-hydrogen) atoms. The van der Waals surface area contributed by atoms with Gasteiger partial charge in [0.2, 0.25) is 12.3 Å². The Bertz CT molecular complexity index is 1300. The molecule has 230 valence electrons. The zero-order chi connectivity index (χ0) is 30.5. The molecule has 0 saturated heterocycles. The minimum Gasteiger partial charge on any atom is -0.399 e. The van der Waals surface area contributed by atoms with Gasteiger partial charge in [0, 0.05) is 56.2 Å². The van der Waals surface area contributed by atoms with Gasteiger partial charge in [-0.25, -0.2) is 0 Å². The van der Waals surface area contributed by atoms with Crippen molar-refractivity contribution in [2.45, 2.75) is 31.6 Å². The molecule has 0 aliphatic heterocycles. The van der Waals surface area contributed by atoms with Crippen LogP contribution in [0.5, 0.6) is 0 Å². The van der Waals surface area contributed by atoms with Crippen molar-refractivity contribution in [3.63, 3.8) is 0 Å². The van der Waals surface area contributed by atoms with Gasteiger partial charge in [-0.1, -0.05) is 47.9 Å². The van der Waals surface area contributed by atoms with E-state index in [1.807, 2.05) is 25.3 Å². The predicted octanol–water partition coefficient (Wildman–Crippen LogP) is 4.21. The summed E-state index contributed by atoms with van der Waals surface area (Å²) in [5.41, 5.74) is 17.1. The Kier molecular flexibility index (Phi) is 12.2. The number of amides is 2. The van der Waals surface area contributed by atoms with Gasteiger partial charge in [0.15, 0.2) is 0 Å². The minimum atomic E-state index is -0.167. The summed E-state index contributed by atoms with van der Waals surface area (Å²) < 4.78 is 16.6. The summed E-state index contributed by atoms with van der Waals surface area (Å²) in [4.78, 5) is 26.9. The third-order valence-corrected chi connectivity index (χ3v) is 8.50. The van der Waals surface area contributed by atoms with Crippen molar-refractivity contribution < 1.29 is 23.8 Å². The van der Waals surface area contributed by atoms with Crippen LogP contribution in [0.3, 0.4) is 0 Å². The maximum atomic E-state index is 13.0. The van der Waals surface area contributed by atoms with E-state index in [4.69, 9.17) is 19.9 Å². The van der Waals surface area contributed by atoms with E-state index in [-0.39, 0.29) is 17.2 Å². The topological polar surface area (TPSA) is 94.3 Å². The Morgan fingerprint density at radius 3 is 2.51 bits per heavy atom. The molecule has 0 saturated carbocycles. The van der Waals surface area contributed by atoms with Crippen LogP contribution in [0.25, 0.3) is 0 Å². The van der Waals surface area contributed by atoms with Gasteiger partial charge in [0.25, 0.3) is 0 Å². The summed E-state index contributed by atoms with van der Waals surface area (Å²) >= 11 is 0. The number of nitrogen functional groups attached to an aromatic ring is 1. The SMILES string of the molecule is CN(C=O)CCOCCOCCOCCN(C)C(=O)CCCC12C=CC=CC1Cc1ccc(N)cc1C2C1=C=C=CC=C1. The van der Waals surface area contributed by atoms with Crippen LogP contribution >= 0.6 is 0 Å². The molecule has 0 radical (unpaired) electrons. The Labute approximate surface area is 255 Å². The summed E-state index contributed by atoms with van der Waals surface area (Å²) in [5.74, 6) is 0.533. The summed E-state index contributed by atoms with van der Waals surface area (Å²) in [6.07, 6.45) is 18.9. The molecule has 1 aromatic rings. The Morgan fingerprint density at radius 2 is 1.79 bits per heavy atom. The van der Waals surface area contributed by atoms with E-state index in [1.165, 1.54) is 16.0 Å². The second-order valence-electron chi connectivity index (χ2n) is 11.4. The lowest BCUT2D eigenvalue weighted by Gasteiger charge is -2.49. The second-order valence-corrected chi connectivity index (χ2v) is 11.4. The average Bonchev–Trinajstić information content (AvgIpc) is 3.02. The molecule has 8 heteroatoms. The van der Waals surface area contributed by atoms with Gasteiger partial charge in [-0.2, -0.15) is 0 Å². The monoisotopic (exact) mass is 587 g/mol. The zero-order valence-corrected chi connectivity index (χ0v) is 25.5. The molecule has 3 atom stereocenters. The van der Waals surface area contributed by atoms with Crippen molar-refractivity contribution in [2.75, 3.05) is 72.6 Å². The van der Waals surface area contributed by atoms with Crippen LogP contribution in [0, 0.1) is 11.3 Å². The highest BCUT2D eigenvalue weighted by molar-refractivity contribution is 5.75. The largest absolute Gasteiger partial charge is 0.399 e. The van der Waals surface area contributed by atoms with Crippen molar-refractivity contribution in [2.24, 2.45) is 11.3 Å². The number of carbonyl (C=O) groups is 2. The van der Waals surface area contributed by atoms with Crippen molar-refractivity contribution in [3.05, 3.63) is 88.9 Å². The van der Waals surface area contributed by atoms with Crippen molar-refractivity contribution in [3.8, 4) is 0 Å². The smallest absolute Gasteiger partial charge is 0.222 e. The van der Waals surface area contributed by atoms with Crippen LogP contribution in [0.4, 0.5) is 5.69 Å². The quantitative estimate of drug-likeness (QED) is 0.120. The number of allylic oxidation sites excluding steroid dienone is 8. The normalized spacial score (nSPS) is 21.3. The second kappa shape index (κ2) is 16.3. The number of carbonyl (C=O) groups excluding carboxylic acids is 2. The first-order valence-corrected chi connectivity index (χ1v) is 15.2. The molecule has 0 heterocycles. The van der Waals surface area contributed by atoms with Gasteiger partial charge in [0.05, 0.1) is 39.6 Å². The first-order chi connectivity index (χ1) is 20.9. The number of hydrogen-bond acceptors (Lipinski definition) is 6. The van der Waals surface area contributed by atoms with Gasteiger partial charge in [-0.15, -0.1) is 0 Å². The molecule has 4 rings (SSSR count). The molecule has 1 aromatic carbocycles. The lowest BCUT2D eigenvalue weighted by atomic mass is 9.53. The highest BCUT2D eigenvalue weighted by Crippen LogP contribution is 2.57. The molecule has 3 unspecified atom stereocenters. The maximum Gasteiger partial charge on any atom is 0.222 e. The third kappa shape index (κ3) is 8.70. The molecule has 2 N–H and O–H groups in total. The Hall–Kier alpha value is -3.64. The molecule has 3 aliphatic rings. The number of nitrogens with two attached hydrogens (primary N) is 1. The van der Waals surface area contributed by atoms with Crippen LogP contribution in [0.1, 0.15) is 36.3 Å². The Morgan fingerprint density at radius 1 is 1.05 bits per heavy atom. The van der Waals surface area contributed by atoms with Crippen LogP contribution < -0.4 is 5.73 Å². The number of anilines is 1. The lowest BCUT2D eigenvalue weighted by molar-refractivity contribution is -0.130. The first kappa shape index (κ1) is 32.3. The molecule has 2 amide bonds. The van der Waals surface area contributed by atoms with Gasteiger partial charge in [-0.05, 0) is 60.6 Å². The predicted molar refractivity (Wildman–Crippen MR) is 168 cm³/mol. The van der Waals surface area contributed by atoms with E-state index in [0.29, 0.717) is 65.1 Å². The van der Waals surface area contributed by atoms with E-state index in [9.17, 15) is 9.59 Å². The van der Waals surface area contributed by atoms with Crippen LogP contribution in [-0.4, -0.2) is 88.9 Å². The van der Waals surface area contributed by atoms with Gasteiger partial charge in [0.1, 0.15) is 0 Å². The molecule has 0 aromatic heterocycles. The molecule has 3 aliphatic carbocycles. The van der Waals surface area contributed by atoms with Crippen molar-refractivity contribution in [1.82, 2.24) is 9.80 Å². The zero-order valence-electron chi connectivity index (χ0n) is 25.5. The molecular weight excluding hydrogens is 542 g/mol. The van der Waals surface area contributed by atoms with Gasteiger partial charge in [-0.3, -0.25) is 9.59 Å². The number of nitrogens with zero attached hydrogens (tertiary/aromatic N) is 2. The standard InChI is InChI=1S/C35H45N3O5/c1-37(27-39)17-19-41-21-23-43-24-22-42-20-18-38(2)33(40)12-8-16-35-15-7-6-11-30(35)25-29-13-14-31(36)26-32(29)34(35)28-9-4-3-5-10-28/h3-4,6-7,9,11,13-15,26-27,30,34H,8,12,16-25,36H2,1-2H3. The van der Waals surface area contributed by atoms with Crippen LogP contribution in [0.15, 0.2) is 77.8 Å². The highest BCUT2D eigenvalue weighted by Gasteiger charge is 2.48. The number of ether oxygens (including phenoxy) is 3. The third-order valence-electron chi connectivity index (χ3n) is 8.50.